The van der Waals surface area contributed by atoms with Gasteiger partial charge in [0, 0.05) is 25.2 Å². The van der Waals surface area contributed by atoms with Crippen molar-refractivity contribution in [2.75, 3.05) is 32.8 Å². The molecule has 2 aliphatic rings. The summed E-state index contributed by atoms with van der Waals surface area (Å²) < 4.78 is 5.31. The highest BCUT2D eigenvalue weighted by molar-refractivity contribution is 5.98. The summed E-state index contributed by atoms with van der Waals surface area (Å²) >= 11 is 0. The van der Waals surface area contributed by atoms with Gasteiger partial charge in [-0.3, -0.25) is 9.59 Å². The molecule has 2 aliphatic heterocycles. The van der Waals surface area contributed by atoms with Crippen LogP contribution in [0.4, 0.5) is 0 Å². The van der Waals surface area contributed by atoms with Crippen molar-refractivity contribution in [3.63, 3.8) is 0 Å². The second-order valence-electron chi connectivity index (χ2n) is 6.39. The van der Waals surface area contributed by atoms with E-state index in [1.165, 1.54) is 5.56 Å². The summed E-state index contributed by atoms with van der Waals surface area (Å²) in [7, 11) is 0. The molecule has 2 amide bonds. The molecule has 1 aromatic carbocycles. The molecular weight excluding hydrogens is 292 g/mol. The minimum Gasteiger partial charge on any atom is -0.378 e. The molecule has 0 saturated carbocycles. The average Bonchev–Trinajstić information content (AvgIpc) is 3.06. The lowest BCUT2D eigenvalue weighted by Crippen LogP contribution is -2.51. The van der Waals surface area contributed by atoms with Gasteiger partial charge in [0.15, 0.2) is 0 Å². The van der Waals surface area contributed by atoms with Gasteiger partial charge in [-0.05, 0) is 49.9 Å². The Morgan fingerprint density at radius 3 is 2.52 bits per heavy atom. The number of morpholine rings is 1. The van der Waals surface area contributed by atoms with Crippen molar-refractivity contribution >= 4 is 11.8 Å². The number of hydrogen-bond acceptors (Lipinski definition) is 3. The number of amides is 2. The van der Waals surface area contributed by atoms with Crippen LogP contribution in [0.5, 0.6) is 0 Å². The van der Waals surface area contributed by atoms with Gasteiger partial charge in [0.25, 0.3) is 5.91 Å². The van der Waals surface area contributed by atoms with Crippen molar-refractivity contribution in [2.45, 2.75) is 32.7 Å². The van der Waals surface area contributed by atoms with Crippen molar-refractivity contribution in [2.24, 2.45) is 0 Å². The first-order valence-corrected chi connectivity index (χ1v) is 8.32. The molecule has 0 aliphatic carbocycles. The summed E-state index contributed by atoms with van der Waals surface area (Å²) in [4.78, 5) is 29.2. The van der Waals surface area contributed by atoms with Crippen LogP contribution >= 0.6 is 0 Å². The largest absolute Gasteiger partial charge is 0.378 e. The van der Waals surface area contributed by atoms with E-state index in [0.29, 0.717) is 38.4 Å². The van der Waals surface area contributed by atoms with Crippen LogP contribution in [-0.4, -0.2) is 60.5 Å². The zero-order valence-electron chi connectivity index (χ0n) is 13.9. The normalized spacial score (nSPS) is 21.6. The molecular formula is C18H24N2O3. The van der Waals surface area contributed by atoms with Crippen LogP contribution < -0.4 is 0 Å². The molecule has 1 aromatic rings. The first-order valence-electron chi connectivity index (χ1n) is 8.32. The molecule has 124 valence electrons. The fourth-order valence-corrected chi connectivity index (χ4v) is 3.30. The van der Waals surface area contributed by atoms with Crippen LogP contribution in [-0.2, 0) is 9.53 Å². The van der Waals surface area contributed by atoms with Gasteiger partial charge in [-0.2, -0.15) is 0 Å². The van der Waals surface area contributed by atoms with Gasteiger partial charge in [-0.1, -0.05) is 6.07 Å². The van der Waals surface area contributed by atoms with Gasteiger partial charge in [0.1, 0.15) is 6.04 Å². The molecule has 0 aromatic heterocycles. The molecule has 0 bridgehead atoms. The van der Waals surface area contributed by atoms with Gasteiger partial charge in [0.2, 0.25) is 5.91 Å². The Kier molecular flexibility index (Phi) is 4.66. The lowest BCUT2D eigenvalue weighted by Gasteiger charge is -2.32. The highest BCUT2D eigenvalue weighted by Crippen LogP contribution is 2.23. The zero-order chi connectivity index (χ0) is 16.4. The monoisotopic (exact) mass is 316 g/mol. The third-order valence-electron chi connectivity index (χ3n) is 4.88. The van der Waals surface area contributed by atoms with E-state index in [1.54, 1.807) is 4.90 Å². The fraction of sp³-hybridized carbons (Fsp3) is 0.556. The second kappa shape index (κ2) is 6.71. The molecule has 3 rings (SSSR count). The molecule has 0 spiro atoms. The smallest absolute Gasteiger partial charge is 0.254 e. The van der Waals surface area contributed by atoms with Crippen molar-refractivity contribution in [1.82, 2.24) is 9.80 Å². The number of nitrogens with zero attached hydrogens (tertiary/aromatic N) is 2. The Morgan fingerprint density at radius 1 is 1.09 bits per heavy atom. The number of ether oxygens (including phenoxy) is 1. The van der Waals surface area contributed by atoms with E-state index in [-0.39, 0.29) is 17.9 Å². The van der Waals surface area contributed by atoms with E-state index in [0.717, 1.165) is 18.4 Å². The molecule has 0 radical (unpaired) electrons. The fourth-order valence-electron chi connectivity index (χ4n) is 3.30. The zero-order valence-corrected chi connectivity index (χ0v) is 13.9. The standard InChI is InChI=1S/C18H24N2O3/c1-13-5-6-15(12-14(13)2)17(21)20-7-3-4-16(20)18(22)19-8-10-23-11-9-19/h5-6,12,16H,3-4,7-11H2,1-2H3/t16-/m1/s1. The van der Waals surface area contributed by atoms with E-state index >= 15 is 0 Å². The summed E-state index contributed by atoms with van der Waals surface area (Å²) in [6, 6.07) is 5.44. The van der Waals surface area contributed by atoms with Gasteiger partial charge >= 0.3 is 0 Å². The van der Waals surface area contributed by atoms with Crippen molar-refractivity contribution in [3.8, 4) is 0 Å². The number of carbonyl (C=O) groups excluding carboxylic acids is 2. The predicted molar refractivity (Wildman–Crippen MR) is 87.4 cm³/mol. The molecule has 0 N–H and O–H groups in total. The number of benzene rings is 1. The van der Waals surface area contributed by atoms with Gasteiger partial charge in [-0.25, -0.2) is 0 Å². The van der Waals surface area contributed by atoms with Crippen LogP contribution in [0.3, 0.4) is 0 Å². The molecule has 5 heteroatoms. The maximum absolute atomic E-state index is 12.8. The van der Waals surface area contributed by atoms with Crippen molar-refractivity contribution < 1.29 is 14.3 Å². The van der Waals surface area contributed by atoms with Crippen LogP contribution in [0.1, 0.15) is 34.3 Å². The second-order valence-corrected chi connectivity index (χ2v) is 6.39. The minimum atomic E-state index is -0.317. The summed E-state index contributed by atoms with van der Waals surface area (Å²) in [5, 5.41) is 0. The molecule has 23 heavy (non-hydrogen) atoms. The molecule has 2 fully saturated rings. The molecule has 5 nitrogen and oxygen atoms in total. The SMILES string of the molecule is Cc1ccc(C(=O)N2CCC[C@@H]2C(=O)N2CCOCC2)cc1C. The van der Waals surface area contributed by atoms with Crippen LogP contribution in [0.15, 0.2) is 18.2 Å². The topological polar surface area (TPSA) is 49.9 Å². The van der Waals surface area contributed by atoms with E-state index < -0.39 is 0 Å². The number of rotatable bonds is 2. The maximum Gasteiger partial charge on any atom is 0.254 e. The third kappa shape index (κ3) is 3.24. The number of carbonyl (C=O) groups is 2. The molecule has 2 saturated heterocycles. The third-order valence-corrected chi connectivity index (χ3v) is 4.88. The molecule has 1 atom stereocenters. The van der Waals surface area contributed by atoms with Gasteiger partial charge in [-0.15, -0.1) is 0 Å². The highest BCUT2D eigenvalue weighted by Gasteiger charge is 2.37. The van der Waals surface area contributed by atoms with Crippen molar-refractivity contribution in [1.29, 1.82) is 0 Å². The lowest BCUT2D eigenvalue weighted by atomic mass is 10.0. The minimum absolute atomic E-state index is 0.0304. The Labute approximate surface area is 137 Å². The Balaban J connectivity index is 1.76. The van der Waals surface area contributed by atoms with Crippen LogP contribution in [0.25, 0.3) is 0 Å². The summed E-state index contributed by atoms with van der Waals surface area (Å²) in [6.45, 7) is 7.12. The van der Waals surface area contributed by atoms with E-state index in [1.807, 2.05) is 36.9 Å². The van der Waals surface area contributed by atoms with Crippen LogP contribution in [0.2, 0.25) is 0 Å². The quantitative estimate of drug-likeness (QED) is 0.835. The van der Waals surface area contributed by atoms with Crippen molar-refractivity contribution in [3.05, 3.63) is 34.9 Å². The van der Waals surface area contributed by atoms with Crippen LogP contribution in [0, 0.1) is 13.8 Å². The van der Waals surface area contributed by atoms with E-state index in [4.69, 9.17) is 4.74 Å². The summed E-state index contributed by atoms with van der Waals surface area (Å²) in [5.74, 6) is 0.0418. The summed E-state index contributed by atoms with van der Waals surface area (Å²) in [6.07, 6.45) is 1.64. The highest BCUT2D eigenvalue weighted by atomic mass is 16.5. The Bertz CT molecular complexity index is 608. The summed E-state index contributed by atoms with van der Waals surface area (Å²) in [5.41, 5.74) is 2.95. The van der Waals surface area contributed by atoms with E-state index in [2.05, 4.69) is 0 Å². The first kappa shape index (κ1) is 16.0. The maximum atomic E-state index is 12.8. The molecule has 2 heterocycles. The average molecular weight is 316 g/mol. The number of aryl methyl sites for hydroxylation is 2. The molecule has 0 unspecified atom stereocenters. The Hall–Kier alpha value is -1.88. The van der Waals surface area contributed by atoms with E-state index in [9.17, 15) is 9.59 Å². The number of likely N-dealkylation sites (tertiary alicyclic amines) is 1. The lowest BCUT2D eigenvalue weighted by molar-refractivity contribution is -0.139. The number of hydrogen-bond donors (Lipinski definition) is 0. The van der Waals surface area contributed by atoms with Gasteiger partial charge < -0.3 is 14.5 Å². The predicted octanol–water partition coefficient (Wildman–Crippen LogP) is 1.77. The first-order chi connectivity index (χ1) is 11.1. The Morgan fingerprint density at radius 2 is 1.83 bits per heavy atom. The van der Waals surface area contributed by atoms with Gasteiger partial charge in [0.05, 0.1) is 13.2 Å².